The van der Waals surface area contributed by atoms with Crippen LogP contribution in [0.3, 0.4) is 0 Å². The van der Waals surface area contributed by atoms with Crippen molar-refractivity contribution in [3.8, 4) is 11.5 Å². The monoisotopic (exact) mass is 449 g/mol. The van der Waals surface area contributed by atoms with Gasteiger partial charge in [0.1, 0.15) is 18.1 Å². The minimum Gasteiger partial charge on any atom is -0.507 e. The molecule has 6 N–H and O–H groups in total. The van der Waals surface area contributed by atoms with Crippen LogP contribution < -0.4 is 5.73 Å². The molecule has 0 amide bonds. The van der Waals surface area contributed by atoms with Gasteiger partial charge in [0, 0.05) is 17.0 Å². The molecule has 10 heteroatoms. The van der Waals surface area contributed by atoms with Gasteiger partial charge in [-0.2, -0.15) is 0 Å². The summed E-state index contributed by atoms with van der Waals surface area (Å²) in [4.78, 5) is 11.4. The lowest BCUT2D eigenvalue weighted by Crippen LogP contribution is -2.51. The SMILES string of the molecule is CC(=O)OCC(N)(CO)CO.Oc1ccc(Cl)cc1Sc1cc(Cl)ccc1O. The molecule has 0 aromatic heterocycles. The molecule has 0 fully saturated rings. The molecule has 0 aliphatic carbocycles. The average Bonchev–Trinajstić information content (AvgIpc) is 2.66. The van der Waals surface area contributed by atoms with Crippen LogP contribution in [0, 0.1) is 0 Å². The number of hydrogen-bond acceptors (Lipinski definition) is 8. The Morgan fingerprint density at radius 1 is 1.04 bits per heavy atom. The summed E-state index contributed by atoms with van der Waals surface area (Å²) in [6.45, 7) is 0.220. The number of carbonyl (C=O) groups is 1. The number of hydrogen-bond donors (Lipinski definition) is 5. The van der Waals surface area contributed by atoms with Gasteiger partial charge in [0.2, 0.25) is 0 Å². The molecular formula is C18H21Cl2NO6S. The molecule has 0 radical (unpaired) electrons. The summed E-state index contributed by atoms with van der Waals surface area (Å²) in [6.07, 6.45) is 0. The molecule has 0 spiro atoms. The maximum atomic E-state index is 10.3. The standard InChI is InChI=1S/C12H8Cl2O2S.C6H13NO4/c13-7-1-3-9(15)11(5-7)17-12-6-8(14)2-4-10(12)16;1-5(10)11-4-6(7,2-8)3-9/h1-6,15-16H;8-9H,2-4,7H2,1H3. The fourth-order valence-corrected chi connectivity index (χ4v) is 3.07. The Bertz CT molecular complexity index is 752. The molecule has 28 heavy (non-hydrogen) atoms. The smallest absolute Gasteiger partial charge is 0.302 e. The van der Waals surface area contributed by atoms with Crippen LogP contribution in [-0.4, -0.2) is 51.8 Å². The number of halogens is 2. The van der Waals surface area contributed by atoms with E-state index in [1.807, 2.05) is 0 Å². The van der Waals surface area contributed by atoms with Gasteiger partial charge < -0.3 is 30.9 Å². The molecule has 0 aliphatic rings. The first-order chi connectivity index (χ1) is 13.1. The maximum Gasteiger partial charge on any atom is 0.302 e. The number of phenolic OH excluding ortho intramolecular Hbond substituents is 2. The molecule has 0 saturated heterocycles. The van der Waals surface area contributed by atoms with Gasteiger partial charge in [0.25, 0.3) is 0 Å². The van der Waals surface area contributed by atoms with E-state index in [9.17, 15) is 15.0 Å². The number of aromatic hydroxyl groups is 2. The number of aliphatic hydroxyl groups excluding tert-OH is 2. The highest BCUT2D eigenvalue weighted by atomic mass is 35.5. The van der Waals surface area contributed by atoms with E-state index in [2.05, 4.69) is 4.74 Å². The lowest BCUT2D eigenvalue weighted by atomic mass is 10.1. The number of benzene rings is 2. The van der Waals surface area contributed by atoms with E-state index in [1.54, 1.807) is 24.3 Å². The fraction of sp³-hybridized carbons (Fsp3) is 0.278. The van der Waals surface area contributed by atoms with Crippen LogP contribution in [0.15, 0.2) is 46.2 Å². The molecule has 7 nitrogen and oxygen atoms in total. The molecule has 2 aromatic rings. The fourth-order valence-electron chi connectivity index (χ4n) is 1.64. The van der Waals surface area contributed by atoms with E-state index in [-0.39, 0.29) is 18.1 Å². The summed E-state index contributed by atoms with van der Waals surface area (Å²) in [5, 5.41) is 37.6. The van der Waals surface area contributed by atoms with E-state index >= 15 is 0 Å². The van der Waals surface area contributed by atoms with Gasteiger partial charge in [-0.3, -0.25) is 4.79 Å². The van der Waals surface area contributed by atoms with Crippen LogP contribution in [0.5, 0.6) is 11.5 Å². The summed E-state index contributed by atoms with van der Waals surface area (Å²) in [6, 6.07) is 9.46. The number of phenols is 2. The Morgan fingerprint density at radius 3 is 1.82 bits per heavy atom. The van der Waals surface area contributed by atoms with Crippen LogP contribution in [0.1, 0.15) is 6.92 Å². The molecular weight excluding hydrogens is 429 g/mol. The lowest BCUT2D eigenvalue weighted by Gasteiger charge is -2.23. The highest BCUT2D eigenvalue weighted by Gasteiger charge is 2.24. The first-order valence-corrected chi connectivity index (χ1v) is 9.46. The Morgan fingerprint density at radius 2 is 1.46 bits per heavy atom. The first-order valence-electron chi connectivity index (χ1n) is 7.89. The Balaban J connectivity index is 0.000000311. The Kier molecular flexibility index (Phi) is 9.88. The highest BCUT2D eigenvalue weighted by molar-refractivity contribution is 7.99. The van der Waals surface area contributed by atoms with E-state index in [0.29, 0.717) is 19.8 Å². The maximum absolute atomic E-state index is 10.3. The number of carbonyl (C=O) groups excluding carboxylic acids is 1. The van der Waals surface area contributed by atoms with E-state index in [1.165, 1.54) is 30.8 Å². The molecule has 0 unspecified atom stereocenters. The zero-order valence-corrected chi connectivity index (χ0v) is 17.3. The van der Waals surface area contributed by atoms with Crippen molar-refractivity contribution < 1.29 is 30.0 Å². The minimum absolute atomic E-state index is 0.110. The van der Waals surface area contributed by atoms with Crippen molar-refractivity contribution in [2.75, 3.05) is 19.8 Å². The van der Waals surface area contributed by atoms with E-state index in [4.69, 9.17) is 39.1 Å². The van der Waals surface area contributed by atoms with Crippen molar-refractivity contribution in [3.05, 3.63) is 46.4 Å². The Hall–Kier alpha value is -1.68. The third kappa shape index (κ3) is 8.14. The largest absolute Gasteiger partial charge is 0.507 e. The van der Waals surface area contributed by atoms with Crippen LogP contribution >= 0.6 is 35.0 Å². The van der Waals surface area contributed by atoms with Crippen molar-refractivity contribution in [2.45, 2.75) is 22.3 Å². The Labute approximate surface area is 176 Å². The van der Waals surface area contributed by atoms with Crippen LogP contribution in [0.4, 0.5) is 0 Å². The average molecular weight is 450 g/mol. The number of nitrogens with two attached hydrogens (primary N) is 1. The second-order valence-electron chi connectivity index (χ2n) is 5.79. The minimum atomic E-state index is -1.22. The number of aliphatic hydroxyl groups is 2. The highest BCUT2D eigenvalue weighted by Crippen LogP contribution is 2.40. The summed E-state index contributed by atoms with van der Waals surface area (Å²) >= 11 is 12.9. The third-order valence-electron chi connectivity index (χ3n) is 3.26. The van der Waals surface area contributed by atoms with Crippen LogP contribution in [0.2, 0.25) is 10.0 Å². The zero-order valence-electron chi connectivity index (χ0n) is 14.9. The van der Waals surface area contributed by atoms with Crippen molar-refractivity contribution in [1.29, 1.82) is 0 Å². The molecule has 0 heterocycles. The molecule has 154 valence electrons. The molecule has 0 saturated carbocycles. The predicted molar refractivity (Wildman–Crippen MR) is 108 cm³/mol. The molecule has 2 rings (SSSR count). The summed E-state index contributed by atoms with van der Waals surface area (Å²) in [5.41, 5.74) is 4.15. The molecule has 0 atom stereocenters. The normalized spacial score (nSPS) is 10.8. The van der Waals surface area contributed by atoms with Crippen LogP contribution in [-0.2, 0) is 9.53 Å². The molecule has 2 aromatic carbocycles. The lowest BCUT2D eigenvalue weighted by molar-refractivity contribution is -0.143. The summed E-state index contributed by atoms with van der Waals surface area (Å²) in [7, 11) is 0. The van der Waals surface area contributed by atoms with Crippen LogP contribution in [0.25, 0.3) is 0 Å². The first kappa shape index (κ1) is 24.4. The zero-order chi connectivity index (χ0) is 21.3. The summed E-state index contributed by atoms with van der Waals surface area (Å²) < 4.78 is 4.50. The summed E-state index contributed by atoms with van der Waals surface area (Å²) in [5.74, 6) is -0.265. The third-order valence-corrected chi connectivity index (χ3v) is 4.82. The van der Waals surface area contributed by atoms with Gasteiger partial charge in [-0.1, -0.05) is 35.0 Å². The van der Waals surface area contributed by atoms with Crippen molar-refractivity contribution in [2.24, 2.45) is 5.73 Å². The van der Waals surface area contributed by atoms with Gasteiger partial charge in [-0.25, -0.2) is 0 Å². The topological polar surface area (TPSA) is 133 Å². The van der Waals surface area contributed by atoms with E-state index in [0.717, 1.165) is 0 Å². The predicted octanol–water partition coefficient (Wildman–Crippen LogP) is 2.79. The van der Waals surface area contributed by atoms with Gasteiger partial charge in [-0.05, 0) is 36.4 Å². The van der Waals surface area contributed by atoms with Crippen molar-refractivity contribution in [3.63, 3.8) is 0 Å². The number of esters is 1. The molecule has 0 aliphatic heterocycles. The van der Waals surface area contributed by atoms with Gasteiger partial charge in [-0.15, -0.1) is 0 Å². The molecule has 0 bridgehead atoms. The van der Waals surface area contributed by atoms with Crippen molar-refractivity contribution >= 4 is 40.9 Å². The van der Waals surface area contributed by atoms with E-state index < -0.39 is 24.7 Å². The van der Waals surface area contributed by atoms with Gasteiger partial charge in [0.15, 0.2) is 0 Å². The number of rotatable bonds is 6. The van der Waals surface area contributed by atoms with Crippen molar-refractivity contribution in [1.82, 2.24) is 0 Å². The quantitative estimate of drug-likeness (QED) is 0.425. The second kappa shape index (κ2) is 11.4. The van der Waals surface area contributed by atoms with Gasteiger partial charge >= 0.3 is 5.97 Å². The second-order valence-corrected chi connectivity index (χ2v) is 7.74. The number of ether oxygens (including phenoxy) is 1. The van der Waals surface area contributed by atoms with Gasteiger partial charge in [0.05, 0.1) is 28.5 Å².